The smallest absolute Gasteiger partial charge is 0.307 e. The van der Waals surface area contributed by atoms with Crippen LogP contribution in [0.15, 0.2) is 0 Å². The predicted octanol–water partition coefficient (Wildman–Crippen LogP) is 1.76. The van der Waals surface area contributed by atoms with Gasteiger partial charge in [-0.1, -0.05) is 20.8 Å². The van der Waals surface area contributed by atoms with Crippen LogP contribution in [0.2, 0.25) is 0 Å². The number of nitrogens with zero attached hydrogens (tertiary/aromatic N) is 1. The molecule has 1 saturated heterocycles. The van der Waals surface area contributed by atoms with Crippen LogP contribution in [0.5, 0.6) is 0 Å². The largest absolute Gasteiger partial charge is 0.481 e. The summed E-state index contributed by atoms with van der Waals surface area (Å²) >= 11 is 0. The first-order valence-corrected chi connectivity index (χ1v) is 6.88. The first-order valence-electron chi connectivity index (χ1n) is 6.88. The fourth-order valence-corrected chi connectivity index (χ4v) is 2.07. The zero-order chi connectivity index (χ0) is 14.5. The molecule has 0 radical (unpaired) electrons. The Bertz CT molecular complexity index is 316. The molecule has 0 aliphatic carbocycles. The molecule has 5 heteroatoms. The van der Waals surface area contributed by atoms with Crippen LogP contribution >= 0.6 is 0 Å². The van der Waals surface area contributed by atoms with E-state index in [4.69, 9.17) is 4.74 Å². The third-order valence-corrected chi connectivity index (χ3v) is 3.38. The van der Waals surface area contributed by atoms with E-state index in [1.54, 1.807) is 4.90 Å². The van der Waals surface area contributed by atoms with Crippen LogP contribution in [0, 0.1) is 11.3 Å². The van der Waals surface area contributed by atoms with E-state index in [1.165, 1.54) is 0 Å². The fraction of sp³-hybridized carbons (Fsp3) is 0.857. The summed E-state index contributed by atoms with van der Waals surface area (Å²) in [7, 11) is 0. The van der Waals surface area contributed by atoms with Crippen LogP contribution in [-0.4, -0.2) is 48.2 Å². The zero-order valence-electron chi connectivity index (χ0n) is 12.1. The Hall–Kier alpha value is -1.10. The number of rotatable bonds is 5. The Kier molecular flexibility index (Phi) is 5.79. The molecule has 1 rings (SSSR count). The van der Waals surface area contributed by atoms with E-state index in [2.05, 4.69) is 20.8 Å². The first-order chi connectivity index (χ1) is 8.79. The summed E-state index contributed by atoms with van der Waals surface area (Å²) in [6, 6.07) is 0. The minimum absolute atomic E-state index is 0.0652. The molecule has 1 aliphatic rings. The fourth-order valence-electron chi connectivity index (χ4n) is 2.07. The summed E-state index contributed by atoms with van der Waals surface area (Å²) < 4.78 is 5.18. The number of ether oxygens (including phenoxy) is 1. The van der Waals surface area contributed by atoms with Crippen molar-refractivity contribution in [3.63, 3.8) is 0 Å². The van der Waals surface area contributed by atoms with E-state index in [-0.39, 0.29) is 17.7 Å². The van der Waals surface area contributed by atoms with Gasteiger partial charge in [0.2, 0.25) is 5.91 Å². The number of amides is 1. The van der Waals surface area contributed by atoms with Crippen LogP contribution in [-0.2, 0) is 14.3 Å². The molecule has 0 aromatic rings. The molecule has 0 saturated carbocycles. The summed E-state index contributed by atoms with van der Waals surface area (Å²) in [6.45, 7) is 8.48. The maximum absolute atomic E-state index is 12.0. The van der Waals surface area contributed by atoms with Gasteiger partial charge in [-0.15, -0.1) is 0 Å². The molecule has 1 amide bonds. The van der Waals surface area contributed by atoms with Crippen molar-refractivity contribution in [3.05, 3.63) is 0 Å². The standard InChI is InChI=1S/C14H25NO4/c1-14(2,3)5-4-11(13(17)18)10-12(16)15-6-8-19-9-7-15/h11H,4-10H2,1-3H3,(H,17,18)/t11-/m1/s1. The van der Waals surface area contributed by atoms with Crippen LogP contribution in [0.3, 0.4) is 0 Å². The van der Waals surface area contributed by atoms with Gasteiger partial charge in [0.15, 0.2) is 0 Å². The average Bonchev–Trinajstić information content (AvgIpc) is 2.33. The minimum atomic E-state index is -0.870. The average molecular weight is 271 g/mol. The van der Waals surface area contributed by atoms with Crippen molar-refractivity contribution >= 4 is 11.9 Å². The second-order valence-corrected chi connectivity index (χ2v) is 6.33. The van der Waals surface area contributed by atoms with Crippen molar-refractivity contribution in [2.24, 2.45) is 11.3 Å². The molecular weight excluding hydrogens is 246 g/mol. The molecule has 0 aromatic carbocycles. The van der Waals surface area contributed by atoms with Gasteiger partial charge in [-0.3, -0.25) is 9.59 Å². The van der Waals surface area contributed by atoms with E-state index < -0.39 is 11.9 Å². The van der Waals surface area contributed by atoms with Gasteiger partial charge in [-0.2, -0.15) is 0 Å². The lowest BCUT2D eigenvalue weighted by Gasteiger charge is -2.28. The SMILES string of the molecule is CC(C)(C)CC[C@H](CC(=O)N1CCOCC1)C(=O)O. The third kappa shape index (κ3) is 6.05. The van der Waals surface area contributed by atoms with Crippen molar-refractivity contribution in [2.45, 2.75) is 40.0 Å². The highest BCUT2D eigenvalue weighted by molar-refractivity contribution is 5.82. The van der Waals surface area contributed by atoms with Gasteiger partial charge in [-0.05, 0) is 18.3 Å². The third-order valence-electron chi connectivity index (χ3n) is 3.38. The summed E-state index contributed by atoms with van der Waals surface area (Å²) in [5.74, 6) is -1.51. The molecule has 19 heavy (non-hydrogen) atoms. The van der Waals surface area contributed by atoms with Gasteiger partial charge in [0, 0.05) is 19.5 Å². The van der Waals surface area contributed by atoms with Crippen LogP contribution < -0.4 is 0 Å². The molecule has 5 nitrogen and oxygen atoms in total. The summed E-state index contributed by atoms with van der Waals surface area (Å²) in [5.41, 5.74) is 0.0930. The maximum Gasteiger partial charge on any atom is 0.307 e. The topological polar surface area (TPSA) is 66.8 Å². The Morgan fingerprint density at radius 1 is 1.26 bits per heavy atom. The molecule has 1 aliphatic heterocycles. The number of carboxylic acid groups (broad SMARTS) is 1. The minimum Gasteiger partial charge on any atom is -0.481 e. The molecular formula is C14H25NO4. The summed E-state index contributed by atoms with van der Waals surface area (Å²) in [5, 5.41) is 9.22. The van der Waals surface area contributed by atoms with E-state index in [0.29, 0.717) is 32.7 Å². The van der Waals surface area contributed by atoms with Crippen LogP contribution in [0.4, 0.5) is 0 Å². The van der Waals surface area contributed by atoms with Gasteiger partial charge in [0.1, 0.15) is 0 Å². The highest BCUT2D eigenvalue weighted by Gasteiger charge is 2.26. The summed E-state index contributed by atoms with van der Waals surface area (Å²) in [6.07, 6.45) is 1.46. The zero-order valence-corrected chi connectivity index (χ0v) is 12.1. The second-order valence-electron chi connectivity index (χ2n) is 6.33. The number of morpholine rings is 1. The van der Waals surface area contributed by atoms with Crippen LogP contribution in [0.25, 0.3) is 0 Å². The predicted molar refractivity (Wildman–Crippen MR) is 71.8 cm³/mol. The molecule has 0 aromatic heterocycles. The van der Waals surface area contributed by atoms with E-state index in [0.717, 1.165) is 6.42 Å². The normalized spacial score (nSPS) is 18.2. The molecule has 1 fully saturated rings. The van der Waals surface area contributed by atoms with Crippen molar-refractivity contribution in [3.8, 4) is 0 Å². The lowest BCUT2D eigenvalue weighted by atomic mass is 9.85. The number of hydrogen-bond donors (Lipinski definition) is 1. The molecule has 0 spiro atoms. The molecule has 1 N–H and O–H groups in total. The Balaban J connectivity index is 2.48. The highest BCUT2D eigenvalue weighted by Crippen LogP contribution is 2.25. The first kappa shape index (κ1) is 16.0. The highest BCUT2D eigenvalue weighted by atomic mass is 16.5. The molecule has 0 unspecified atom stereocenters. The lowest BCUT2D eigenvalue weighted by molar-refractivity contribution is -0.147. The lowest BCUT2D eigenvalue weighted by Crippen LogP contribution is -2.42. The second kappa shape index (κ2) is 6.89. The van der Waals surface area contributed by atoms with Gasteiger partial charge in [0.05, 0.1) is 19.1 Å². The Morgan fingerprint density at radius 3 is 2.32 bits per heavy atom. The maximum atomic E-state index is 12.0. The van der Waals surface area contributed by atoms with Gasteiger partial charge in [-0.25, -0.2) is 0 Å². The quantitative estimate of drug-likeness (QED) is 0.827. The number of carboxylic acids is 1. The monoisotopic (exact) mass is 271 g/mol. The Morgan fingerprint density at radius 2 is 1.84 bits per heavy atom. The van der Waals surface area contributed by atoms with Crippen molar-refractivity contribution < 1.29 is 19.4 Å². The molecule has 1 heterocycles. The number of carbonyl (C=O) groups is 2. The van der Waals surface area contributed by atoms with E-state index >= 15 is 0 Å². The van der Waals surface area contributed by atoms with Gasteiger partial charge < -0.3 is 14.7 Å². The molecule has 110 valence electrons. The molecule has 1 atom stereocenters. The number of hydrogen-bond acceptors (Lipinski definition) is 3. The van der Waals surface area contributed by atoms with Crippen molar-refractivity contribution in [1.82, 2.24) is 4.90 Å². The van der Waals surface area contributed by atoms with Gasteiger partial charge >= 0.3 is 5.97 Å². The number of aliphatic carboxylic acids is 1. The number of carbonyl (C=O) groups excluding carboxylic acids is 1. The van der Waals surface area contributed by atoms with E-state index in [1.807, 2.05) is 0 Å². The van der Waals surface area contributed by atoms with Crippen molar-refractivity contribution in [2.75, 3.05) is 26.3 Å². The Labute approximate surface area is 114 Å². The van der Waals surface area contributed by atoms with E-state index in [9.17, 15) is 14.7 Å². The van der Waals surface area contributed by atoms with Gasteiger partial charge in [0.25, 0.3) is 0 Å². The van der Waals surface area contributed by atoms with Crippen molar-refractivity contribution in [1.29, 1.82) is 0 Å². The molecule has 0 bridgehead atoms. The summed E-state index contributed by atoms with van der Waals surface area (Å²) in [4.78, 5) is 25.0. The van der Waals surface area contributed by atoms with Crippen LogP contribution in [0.1, 0.15) is 40.0 Å².